The third-order valence-corrected chi connectivity index (χ3v) is 5.73. The van der Waals surface area contributed by atoms with Crippen LogP contribution in [0.15, 0.2) is 66.1 Å². The largest absolute Gasteiger partial charge is 0.339 e. The highest BCUT2D eigenvalue weighted by Gasteiger charge is 2.17. The lowest BCUT2D eigenvalue weighted by molar-refractivity contribution is -0.116. The first-order chi connectivity index (χ1) is 15.9. The summed E-state index contributed by atoms with van der Waals surface area (Å²) in [6, 6.07) is 16.1. The van der Waals surface area contributed by atoms with Crippen molar-refractivity contribution in [3.05, 3.63) is 77.3 Å². The summed E-state index contributed by atoms with van der Waals surface area (Å²) in [6.07, 6.45) is 2.98. The standard InChI is InChI=1S/C25H26N4O3S/c1-4-28(5-2)24(32)19-11-13-20(14-12-19)26-23(31)16-15-21-17-33-25(27-21)29(18(3)30)22-9-7-6-8-10-22/h6-17H,4-5H2,1-3H3,(H,26,31). The van der Waals surface area contributed by atoms with E-state index in [4.69, 9.17) is 0 Å². The Morgan fingerprint density at radius 1 is 1.00 bits per heavy atom. The summed E-state index contributed by atoms with van der Waals surface area (Å²) in [5, 5.41) is 5.08. The third-order valence-electron chi connectivity index (χ3n) is 4.89. The summed E-state index contributed by atoms with van der Waals surface area (Å²) in [4.78, 5) is 44.6. The molecule has 0 spiro atoms. The number of anilines is 3. The van der Waals surface area contributed by atoms with E-state index < -0.39 is 0 Å². The topological polar surface area (TPSA) is 82.6 Å². The van der Waals surface area contributed by atoms with Crippen LogP contribution in [-0.2, 0) is 9.59 Å². The van der Waals surface area contributed by atoms with Crippen molar-refractivity contribution in [3.8, 4) is 0 Å². The van der Waals surface area contributed by atoms with Crippen molar-refractivity contribution in [2.75, 3.05) is 23.3 Å². The van der Waals surface area contributed by atoms with Crippen LogP contribution in [0.5, 0.6) is 0 Å². The van der Waals surface area contributed by atoms with E-state index in [0.29, 0.717) is 35.2 Å². The van der Waals surface area contributed by atoms with E-state index in [1.165, 1.54) is 29.2 Å². The van der Waals surface area contributed by atoms with Gasteiger partial charge in [0.05, 0.1) is 11.4 Å². The van der Waals surface area contributed by atoms with Crippen LogP contribution in [0.1, 0.15) is 36.8 Å². The van der Waals surface area contributed by atoms with Gasteiger partial charge in [-0.2, -0.15) is 0 Å². The molecule has 33 heavy (non-hydrogen) atoms. The zero-order valence-corrected chi connectivity index (χ0v) is 19.6. The highest BCUT2D eigenvalue weighted by Crippen LogP contribution is 2.29. The van der Waals surface area contributed by atoms with Gasteiger partial charge in [0, 0.05) is 42.7 Å². The van der Waals surface area contributed by atoms with Crippen molar-refractivity contribution in [3.63, 3.8) is 0 Å². The van der Waals surface area contributed by atoms with E-state index in [9.17, 15) is 14.4 Å². The number of benzene rings is 2. The van der Waals surface area contributed by atoms with E-state index in [0.717, 1.165) is 5.69 Å². The molecule has 8 heteroatoms. The minimum Gasteiger partial charge on any atom is -0.339 e. The second-order valence-electron chi connectivity index (χ2n) is 7.12. The minimum atomic E-state index is -0.321. The smallest absolute Gasteiger partial charge is 0.253 e. The first-order valence-corrected chi connectivity index (χ1v) is 11.5. The molecule has 0 fully saturated rings. The summed E-state index contributed by atoms with van der Waals surface area (Å²) < 4.78 is 0. The summed E-state index contributed by atoms with van der Waals surface area (Å²) in [7, 11) is 0. The molecule has 7 nitrogen and oxygen atoms in total. The van der Waals surface area contributed by atoms with E-state index in [-0.39, 0.29) is 17.7 Å². The number of nitrogens with zero attached hydrogens (tertiary/aromatic N) is 3. The molecule has 3 rings (SSSR count). The highest BCUT2D eigenvalue weighted by atomic mass is 32.1. The Morgan fingerprint density at radius 3 is 2.27 bits per heavy atom. The number of aromatic nitrogens is 1. The van der Waals surface area contributed by atoms with Crippen molar-refractivity contribution in [1.82, 2.24) is 9.88 Å². The number of thiazole rings is 1. The lowest BCUT2D eigenvalue weighted by Gasteiger charge is -2.18. The third kappa shape index (κ3) is 6.14. The van der Waals surface area contributed by atoms with Crippen molar-refractivity contribution >= 4 is 51.6 Å². The van der Waals surface area contributed by atoms with Crippen molar-refractivity contribution in [2.24, 2.45) is 0 Å². The molecule has 0 bridgehead atoms. The molecule has 1 N–H and O–H groups in total. The van der Waals surface area contributed by atoms with E-state index in [2.05, 4.69) is 10.3 Å². The van der Waals surface area contributed by atoms with Gasteiger partial charge in [-0.05, 0) is 56.3 Å². The monoisotopic (exact) mass is 462 g/mol. The van der Waals surface area contributed by atoms with Gasteiger partial charge < -0.3 is 10.2 Å². The van der Waals surface area contributed by atoms with Crippen LogP contribution >= 0.6 is 11.3 Å². The number of rotatable bonds is 8. The molecular weight excluding hydrogens is 436 g/mol. The Balaban J connectivity index is 1.64. The van der Waals surface area contributed by atoms with Crippen LogP contribution in [0.4, 0.5) is 16.5 Å². The summed E-state index contributed by atoms with van der Waals surface area (Å²) in [5.41, 5.74) is 2.48. The normalized spacial score (nSPS) is 10.8. The average molecular weight is 463 g/mol. The molecule has 0 aliphatic rings. The van der Waals surface area contributed by atoms with Crippen molar-refractivity contribution < 1.29 is 14.4 Å². The molecule has 3 aromatic rings. The fraction of sp³-hybridized carbons (Fsp3) is 0.200. The molecule has 1 aromatic heterocycles. The van der Waals surface area contributed by atoms with Gasteiger partial charge in [0.1, 0.15) is 0 Å². The van der Waals surface area contributed by atoms with E-state index in [1.807, 2.05) is 44.2 Å². The molecule has 0 saturated carbocycles. The zero-order valence-electron chi connectivity index (χ0n) is 18.8. The van der Waals surface area contributed by atoms with Crippen molar-refractivity contribution in [2.45, 2.75) is 20.8 Å². The number of hydrogen-bond donors (Lipinski definition) is 1. The number of carbonyl (C=O) groups is 3. The number of carbonyl (C=O) groups excluding carboxylic acids is 3. The van der Waals surface area contributed by atoms with Gasteiger partial charge in [-0.1, -0.05) is 18.2 Å². The predicted octanol–water partition coefficient (Wildman–Crippen LogP) is 4.96. The van der Waals surface area contributed by atoms with Gasteiger partial charge in [0.25, 0.3) is 5.91 Å². The second kappa shape index (κ2) is 11.2. The fourth-order valence-corrected chi connectivity index (χ4v) is 4.05. The van der Waals surface area contributed by atoms with Crippen LogP contribution in [-0.4, -0.2) is 40.7 Å². The van der Waals surface area contributed by atoms with Crippen LogP contribution in [0.2, 0.25) is 0 Å². The molecule has 170 valence electrons. The Labute approximate surface area is 197 Å². The van der Waals surface area contributed by atoms with Crippen LogP contribution in [0, 0.1) is 0 Å². The minimum absolute atomic E-state index is 0.0350. The first-order valence-electron chi connectivity index (χ1n) is 10.6. The molecule has 3 amide bonds. The highest BCUT2D eigenvalue weighted by molar-refractivity contribution is 7.14. The predicted molar refractivity (Wildman–Crippen MR) is 133 cm³/mol. The van der Waals surface area contributed by atoms with Gasteiger partial charge in [0.2, 0.25) is 11.8 Å². The molecule has 0 saturated heterocycles. The maximum atomic E-state index is 12.4. The molecule has 0 radical (unpaired) electrons. The average Bonchev–Trinajstić information content (AvgIpc) is 3.28. The van der Waals surface area contributed by atoms with Gasteiger partial charge in [-0.25, -0.2) is 4.98 Å². The van der Waals surface area contributed by atoms with E-state index >= 15 is 0 Å². The lowest BCUT2D eigenvalue weighted by Crippen LogP contribution is -2.30. The maximum Gasteiger partial charge on any atom is 0.253 e. The van der Waals surface area contributed by atoms with Gasteiger partial charge in [-0.3, -0.25) is 19.3 Å². The molecular formula is C25H26N4O3S. The molecule has 0 aliphatic carbocycles. The summed E-state index contributed by atoms with van der Waals surface area (Å²) in [5.74, 6) is -0.502. The number of nitrogens with one attached hydrogen (secondary N) is 1. The van der Waals surface area contributed by atoms with Gasteiger partial charge in [0.15, 0.2) is 5.13 Å². The quantitative estimate of drug-likeness (QED) is 0.480. The number of amides is 3. The molecule has 2 aromatic carbocycles. The lowest BCUT2D eigenvalue weighted by atomic mass is 10.1. The number of hydrogen-bond acceptors (Lipinski definition) is 5. The molecule has 0 unspecified atom stereocenters. The maximum absolute atomic E-state index is 12.4. The van der Waals surface area contributed by atoms with Crippen LogP contribution in [0.25, 0.3) is 6.08 Å². The van der Waals surface area contributed by atoms with Gasteiger partial charge in [-0.15, -0.1) is 11.3 Å². The van der Waals surface area contributed by atoms with Crippen molar-refractivity contribution in [1.29, 1.82) is 0 Å². The number of para-hydroxylation sites is 1. The first kappa shape index (κ1) is 23.9. The van der Waals surface area contributed by atoms with Gasteiger partial charge >= 0.3 is 0 Å². The summed E-state index contributed by atoms with van der Waals surface area (Å²) in [6.45, 7) is 6.65. The Kier molecular flexibility index (Phi) is 8.10. The van der Waals surface area contributed by atoms with Crippen LogP contribution in [0.3, 0.4) is 0 Å². The zero-order chi connectivity index (χ0) is 23.8. The Bertz CT molecular complexity index is 1140. The fourth-order valence-electron chi connectivity index (χ4n) is 3.19. The molecule has 0 atom stereocenters. The SMILES string of the molecule is CCN(CC)C(=O)c1ccc(NC(=O)C=Cc2csc(N(C(C)=O)c3ccccc3)n2)cc1. The Hall–Kier alpha value is -3.78. The van der Waals surface area contributed by atoms with E-state index in [1.54, 1.807) is 40.6 Å². The molecule has 0 aliphatic heterocycles. The Morgan fingerprint density at radius 2 is 1.67 bits per heavy atom. The summed E-state index contributed by atoms with van der Waals surface area (Å²) >= 11 is 1.32. The molecule has 1 heterocycles. The second-order valence-corrected chi connectivity index (χ2v) is 7.96. The van der Waals surface area contributed by atoms with Crippen LogP contribution < -0.4 is 10.2 Å².